The van der Waals surface area contributed by atoms with Crippen LogP contribution < -0.4 is 15.0 Å². The van der Waals surface area contributed by atoms with Gasteiger partial charge in [0.15, 0.2) is 0 Å². The van der Waals surface area contributed by atoms with Gasteiger partial charge in [-0.25, -0.2) is 9.78 Å². The number of aliphatic hydroxyl groups is 1. The number of ether oxygens (including phenoxy) is 2. The molecule has 0 unspecified atom stereocenters. The lowest BCUT2D eigenvalue weighted by molar-refractivity contribution is 0.0598. The van der Waals surface area contributed by atoms with E-state index in [0.29, 0.717) is 34.2 Å². The minimum absolute atomic E-state index is 0.201. The number of esters is 1. The molecule has 5 rings (SSSR count). The number of para-hydroxylation sites is 1. The molecule has 9 heteroatoms. The van der Waals surface area contributed by atoms with E-state index in [1.807, 2.05) is 48.1 Å². The van der Waals surface area contributed by atoms with Gasteiger partial charge in [0.2, 0.25) is 11.8 Å². The van der Waals surface area contributed by atoms with Crippen molar-refractivity contribution in [2.75, 3.05) is 30.4 Å². The summed E-state index contributed by atoms with van der Waals surface area (Å²) in [5, 5.41) is 13.0. The van der Waals surface area contributed by atoms with E-state index in [1.165, 1.54) is 7.11 Å². The van der Waals surface area contributed by atoms with Crippen LogP contribution in [0.25, 0.3) is 11.0 Å². The molecule has 2 aromatic heterocycles. The summed E-state index contributed by atoms with van der Waals surface area (Å²) in [6, 6.07) is 16.8. The van der Waals surface area contributed by atoms with Crippen LogP contribution in [0, 0.1) is 0 Å². The third kappa shape index (κ3) is 4.76. The zero-order chi connectivity index (χ0) is 24.4. The van der Waals surface area contributed by atoms with Crippen LogP contribution in [-0.2, 0) is 11.8 Å². The monoisotopic (exact) mass is 473 g/mol. The summed E-state index contributed by atoms with van der Waals surface area (Å²) in [6.07, 6.45) is 3.25. The molecule has 1 saturated heterocycles. The number of nitrogens with one attached hydrogen (secondary N) is 1. The van der Waals surface area contributed by atoms with Crippen LogP contribution in [0.5, 0.6) is 11.6 Å². The minimum Gasteiger partial charge on any atom is -0.465 e. The number of fused-ring (bicyclic) bond motifs is 1. The van der Waals surface area contributed by atoms with Gasteiger partial charge < -0.3 is 29.4 Å². The van der Waals surface area contributed by atoms with Crippen molar-refractivity contribution in [1.82, 2.24) is 14.5 Å². The van der Waals surface area contributed by atoms with Gasteiger partial charge in [0.05, 0.1) is 18.7 Å². The first-order valence-corrected chi connectivity index (χ1v) is 11.5. The topological polar surface area (TPSA) is 102 Å². The number of benzene rings is 2. The van der Waals surface area contributed by atoms with Gasteiger partial charge in [-0.05, 0) is 55.3 Å². The molecule has 3 heterocycles. The fourth-order valence-corrected chi connectivity index (χ4v) is 4.23. The largest absolute Gasteiger partial charge is 0.465 e. The Morgan fingerprint density at radius 1 is 1.06 bits per heavy atom. The maximum absolute atomic E-state index is 12.2. The third-order valence-corrected chi connectivity index (χ3v) is 6.14. The Bertz CT molecular complexity index is 1340. The predicted molar refractivity (Wildman–Crippen MR) is 134 cm³/mol. The molecule has 0 atom stereocenters. The standard InChI is InChI=1S/C26H27N5O4/c1-30-14-13-21-23(30)24(35-22-6-4-3-5-20(22)25(33)34-2)29-26(28-21)27-17-7-9-18(10-8-17)31-15-11-19(32)12-16-31/h3-10,13-14,19,32H,11-12,15-16H2,1-2H3,(H,27,28,29). The normalized spacial score (nSPS) is 14.2. The molecule has 9 nitrogen and oxygen atoms in total. The average Bonchev–Trinajstić information content (AvgIpc) is 3.25. The Labute approximate surface area is 202 Å². The van der Waals surface area contributed by atoms with Crippen molar-refractivity contribution in [3.05, 3.63) is 66.4 Å². The molecule has 2 aromatic carbocycles. The van der Waals surface area contributed by atoms with Crippen molar-refractivity contribution in [2.45, 2.75) is 18.9 Å². The van der Waals surface area contributed by atoms with E-state index in [0.717, 1.165) is 37.3 Å². The minimum atomic E-state index is -0.487. The summed E-state index contributed by atoms with van der Waals surface area (Å²) in [4.78, 5) is 23.7. The Hall–Kier alpha value is -4.11. The van der Waals surface area contributed by atoms with Gasteiger partial charge in [0.25, 0.3) is 0 Å². The number of hydrogen-bond donors (Lipinski definition) is 2. The number of hydrogen-bond acceptors (Lipinski definition) is 8. The molecule has 2 N–H and O–H groups in total. The summed E-state index contributed by atoms with van der Waals surface area (Å²) in [6.45, 7) is 1.69. The quantitative estimate of drug-likeness (QED) is 0.401. The molecule has 0 aliphatic carbocycles. The zero-order valence-electron chi connectivity index (χ0n) is 19.6. The lowest BCUT2D eigenvalue weighted by Gasteiger charge is -2.31. The first kappa shape index (κ1) is 22.7. The van der Waals surface area contributed by atoms with Gasteiger partial charge in [-0.2, -0.15) is 4.98 Å². The molecule has 180 valence electrons. The van der Waals surface area contributed by atoms with Gasteiger partial charge >= 0.3 is 5.97 Å². The molecular formula is C26H27N5O4. The second-order valence-corrected chi connectivity index (χ2v) is 8.49. The van der Waals surface area contributed by atoms with E-state index in [2.05, 4.69) is 20.2 Å². The van der Waals surface area contributed by atoms with Crippen LogP contribution in [0.1, 0.15) is 23.2 Å². The van der Waals surface area contributed by atoms with E-state index in [-0.39, 0.29) is 6.10 Å². The van der Waals surface area contributed by atoms with E-state index < -0.39 is 5.97 Å². The molecule has 1 fully saturated rings. The van der Waals surface area contributed by atoms with Crippen LogP contribution in [-0.4, -0.2) is 51.9 Å². The molecule has 1 aliphatic rings. The molecule has 0 saturated carbocycles. The predicted octanol–water partition coefficient (Wildman–Crippen LogP) is 4.25. The summed E-state index contributed by atoms with van der Waals surface area (Å²) in [5.74, 6) is 0.565. The molecule has 35 heavy (non-hydrogen) atoms. The number of carbonyl (C=O) groups excluding carboxylic acids is 1. The molecule has 1 aliphatic heterocycles. The maximum Gasteiger partial charge on any atom is 0.341 e. The number of carbonyl (C=O) groups is 1. The van der Waals surface area contributed by atoms with Gasteiger partial charge in [0, 0.05) is 37.7 Å². The van der Waals surface area contributed by atoms with E-state index in [4.69, 9.17) is 9.47 Å². The number of aromatic nitrogens is 3. The second kappa shape index (κ2) is 9.63. The number of anilines is 3. The molecule has 4 aromatic rings. The number of rotatable bonds is 6. The third-order valence-electron chi connectivity index (χ3n) is 6.14. The van der Waals surface area contributed by atoms with Crippen LogP contribution in [0.3, 0.4) is 0 Å². The summed E-state index contributed by atoms with van der Waals surface area (Å²) in [5.41, 5.74) is 3.68. The first-order chi connectivity index (χ1) is 17.0. The lowest BCUT2D eigenvalue weighted by Crippen LogP contribution is -2.35. The van der Waals surface area contributed by atoms with Crippen molar-refractivity contribution in [3.8, 4) is 11.6 Å². The Morgan fingerprint density at radius 3 is 2.54 bits per heavy atom. The van der Waals surface area contributed by atoms with Crippen LogP contribution in [0.4, 0.5) is 17.3 Å². The van der Waals surface area contributed by atoms with Gasteiger partial charge in [-0.15, -0.1) is 0 Å². The SMILES string of the molecule is COC(=O)c1ccccc1Oc1nc(Nc2ccc(N3CCC(O)CC3)cc2)nc2ccn(C)c12. The number of aryl methyl sites for hydroxylation is 1. The number of piperidine rings is 1. The molecular weight excluding hydrogens is 446 g/mol. The van der Waals surface area contributed by atoms with Gasteiger partial charge in [0.1, 0.15) is 16.8 Å². The van der Waals surface area contributed by atoms with Crippen molar-refractivity contribution < 1.29 is 19.4 Å². The smallest absolute Gasteiger partial charge is 0.341 e. The Kier molecular flexibility index (Phi) is 6.24. The van der Waals surface area contributed by atoms with Crippen molar-refractivity contribution in [1.29, 1.82) is 0 Å². The van der Waals surface area contributed by atoms with Crippen molar-refractivity contribution >= 4 is 34.3 Å². The highest BCUT2D eigenvalue weighted by Crippen LogP contribution is 2.32. The highest BCUT2D eigenvalue weighted by Gasteiger charge is 2.19. The maximum atomic E-state index is 12.2. The second-order valence-electron chi connectivity index (χ2n) is 8.49. The van der Waals surface area contributed by atoms with E-state index >= 15 is 0 Å². The van der Waals surface area contributed by atoms with E-state index in [1.54, 1.807) is 24.3 Å². The summed E-state index contributed by atoms with van der Waals surface area (Å²) < 4.78 is 12.9. The summed E-state index contributed by atoms with van der Waals surface area (Å²) in [7, 11) is 3.22. The van der Waals surface area contributed by atoms with E-state index in [9.17, 15) is 9.90 Å². The van der Waals surface area contributed by atoms with Crippen LogP contribution in [0.2, 0.25) is 0 Å². The lowest BCUT2D eigenvalue weighted by atomic mass is 10.1. The van der Waals surface area contributed by atoms with Crippen LogP contribution >= 0.6 is 0 Å². The first-order valence-electron chi connectivity index (χ1n) is 11.5. The van der Waals surface area contributed by atoms with Gasteiger partial charge in [-0.3, -0.25) is 0 Å². The molecule has 0 bridgehead atoms. The fourth-order valence-electron chi connectivity index (χ4n) is 4.23. The van der Waals surface area contributed by atoms with Gasteiger partial charge in [-0.1, -0.05) is 12.1 Å². The van der Waals surface area contributed by atoms with Crippen LogP contribution in [0.15, 0.2) is 60.8 Å². The summed E-state index contributed by atoms with van der Waals surface area (Å²) >= 11 is 0. The molecule has 0 spiro atoms. The zero-order valence-corrected chi connectivity index (χ0v) is 19.6. The van der Waals surface area contributed by atoms with Crippen molar-refractivity contribution in [2.24, 2.45) is 7.05 Å². The molecule has 0 amide bonds. The Morgan fingerprint density at radius 2 is 1.80 bits per heavy atom. The Balaban J connectivity index is 1.42. The highest BCUT2D eigenvalue weighted by atomic mass is 16.5. The number of methoxy groups -OCH3 is 1. The highest BCUT2D eigenvalue weighted by molar-refractivity contribution is 5.92. The fraction of sp³-hybridized carbons (Fsp3) is 0.269. The number of nitrogens with zero attached hydrogens (tertiary/aromatic N) is 4. The van der Waals surface area contributed by atoms with Crippen molar-refractivity contribution in [3.63, 3.8) is 0 Å². The number of aliphatic hydroxyl groups excluding tert-OH is 1. The molecule has 0 radical (unpaired) electrons. The average molecular weight is 474 g/mol.